The summed E-state index contributed by atoms with van der Waals surface area (Å²) in [6.45, 7) is 5.03. The second-order valence-corrected chi connectivity index (χ2v) is 8.46. The lowest BCUT2D eigenvalue weighted by Gasteiger charge is -2.33. The van der Waals surface area contributed by atoms with E-state index in [1.165, 1.54) is 22.3 Å². The number of allylic oxidation sites excluding steroid dienone is 1. The van der Waals surface area contributed by atoms with Gasteiger partial charge >= 0.3 is 5.97 Å². The molecule has 3 nitrogen and oxygen atoms in total. The second kappa shape index (κ2) is 8.26. The first kappa shape index (κ1) is 20.7. The van der Waals surface area contributed by atoms with Crippen LogP contribution in [0.25, 0.3) is 5.57 Å². The zero-order chi connectivity index (χ0) is 22.0. The van der Waals surface area contributed by atoms with E-state index in [9.17, 15) is 4.79 Å². The van der Waals surface area contributed by atoms with Crippen molar-refractivity contribution in [1.82, 2.24) is 0 Å². The SMILES string of the molecule is CC1(C)CC=C(c2ccccc2CN)c2cc(C#Cc3ccc(C(=O)O)cc3)ccc21. The summed E-state index contributed by atoms with van der Waals surface area (Å²) < 4.78 is 0. The molecule has 0 aliphatic heterocycles. The second-order valence-electron chi connectivity index (χ2n) is 8.46. The van der Waals surface area contributed by atoms with E-state index in [1.54, 1.807) is 24.3 Å². The molecule has 0 amide bonds. The van der Waals surface area contributed by atoms with Crippen LogP contribution in [0.2, 0.25) is 0 Å². The Morgan fingerprint density at radius 1 is 0.968 bits per heavy atom. The number of benzene rings is 3. The topological polar surface area (TPSA) is 63.3 Å². The van der Waals surface area contributed by atoms with Gasteiger partial charge in [0.15, 0.2) is 0 Å². The van der Waals surface area contributed by atoms with Crippen LogP contribution < -0.4 is 5.73 Å². The summed E-state index contributed by atoms with van der Waals surface area (Å²) in [6, 6.07) is 21.3. The van der Waals surface area contributed by atoms with E-state index < -0.39 is 5.97 Å². The summed E-state index contributed by atoms with van der Waals surface area (Å²) in [5.74, 6) is 5.45. The Morgan fingerprint density at radius 3 is 2.35 bits per heavy atom. The van der Waals surface area contributed by atoms with Gasteiger partial charge < -0.3 is 10.8 Å². The van der Waals surface area contributed by atoms with Crippen LogP contribution in [-0.2, 0) is 12.0 Å². The van der Waals surface area contributed by atoms with Gasteiger partial charge in [-0.1, -0.05) is 62.1 Å². The number of hydrogen-bond donors (Lipinski definition) is 2. The van der Waals surface area contributed by atoms with Gasteiger partial charge in [-0.25, -0.2) is 4.79 Å². The quantitative estimate of drug-likeness (QED) is 0.575. The Kier molecular flexibility index (Phi) is 5.50. The first-order valence-corrected chi connectivity index (χ1v) is 10.4. The maximum absolute atomic E-state index is 11.0. The Balaban J connectivity index is 1.75. The lowest BCUT2D eigenvalue weighted by atomic mass is 9.71. The summed E-state index contributed by atoms with van der Waals surface area (Å²) in [5, 5.41) is 9.05. The van der Waals surface area contributed by atoms with Gasteiger partial charge in [-0.05, 0) is 76.1 Å². The molecule has 0 heterocycles. The van der Waals surface area contributed by atoms with E-state index in [2.05, 4.69) is 68.2 Å². The highest BCUT2D eigenvalue weighted by molar-refractivity contribution is 5.87. The molecule has 0 bridgehead atoms. The number of carboxylic acid groups (broad SMARTS) is 1. The maximum atomic E-state index is 11.0. The average molecular weight is 408 g/mol. The molecule has 0 saturated heterocycles. The third-order valence-corrected chi connectivity index (χ3v) is 5.87. The molecular formula is C28H25NO2. The van der Waals surface area contributed by atoms with Crippen molar-refractivity contribution in [3.8, 4) is 11.8 Å². The third kappa shape index (κ3) is 4.17. The summed E-state index contributed by atoms with van der Waals surface area (Å²) in [7, 11) is 0. The lowest BCUT2D eigenvalue weighted by molar-refractivity contribution is 0.0697. The number of aromatic carboxylic acids is 1. The monoisotopic (exact) mass is 407 g/mol. The molecule has 1 aliphatic rings. The smallest absolute Gasteiger partial charge is 0.335 e. The minimum atomic E-state index is -0.936. The first-order chi connectivity index (χ1) is 14.9. The molecule has 1 aliphatic carbocycles. The first-order valence-electron chi connectivity index (χ1n) is 10.4. The van der Waals surface area contributed by atoms with E-state index in [1.807, 2.05) is 6.07 Å². The van der Waals surface area contributed by atoms with Crippen molar-refractivity contribution in [3.63, 3.8) is 0 Å². The van der Waals surface area contributed by atoms with Gasteiger partial charge in [0.1, 0.15) is 0 Å². The minimum Gasteiger partial charge on any atom is -0.478 e. The predicted octanol–water partition coefficient (Wildman–Crippen LogP) is 5.36. The van der Waals surface area contributed by atoms with Gasteiger partial charge in [-0.2, -0.15) is 0 Å². The van der Waals surface area contributed by atoms with Gasteiger partial charge in [0.05, 0.1) is 5.56 Å². The minimum absolute atomic E-state index is 0.0507. The van der Waals surface area contributed by atoms with E-state index in [4.69, 9.17) is 10.8 Å². The van der Waals surface area contributed by atoms with Gasteiger partial charge in [0, 0.05) is 17.7 Å². The maximum Gasteiger partial charge on any atom is 0.335 e. The van der Waals surface area contributed by atoms with E-state index >= 15 is 0 Å². The molecule has 0 aromatic heterocycles. The molecule has 0 radical (unpaired) electrons. The molecule has 0 fully saturated rings. The summed E-state index contributed by atoms with van der Waals surface area (Å²) in [4.78, 5) is 11.0. The largest absolute Gasteiger partial charge is 0.478 e. The molecule has 0 unspecified atom stereocenters. The molecule has 0 saturated carbocycles. The number of fused-ring (bicyclic) bond motifs is 1. The van der Waals surface area contributed by atoms with Gasteiger partial charge in [-0.3, -0.25) is 0 Å². The van der Waals surface area contributed by atoms with Crippen LogP contribution in [0.15, 0.2) is 72.8 Å². The van der Waals surface area contributed by atoms with Gasteiger partial charge in [0.2, 0.25) is 0 Å². The lowest BCUT2D eigenvalue weighted by Crippen LogP contribution is -2.22. The van der Waals surface area contributed by atoms with Crippen LogP contribution in [0.5, 0.6) is 0 Å². The van der Waals surface area contributed by atoms with Crippen molar-refractivity contribution >= 4 is 11.5 Å². The van der Waals surface area contributed by atoms with Gasteiger partial charge in [-0.15, -0.1) is 0 Å². The molecule has 3 heteroatoms. The van der Waals surface area contributed by atoms with Crippen LogP contribution in [0.1, 0.15) is 64.0 Å². The molecule has 3 N–H and O–H groups in total. The fourth-order valence-electron chi connectivity index (χ4n) is 4.07. The van der Waals surface area contributed by atoms with E-state index in [0.717, 1.165) is 23.1 Å². The van der Waals surface area contributed by atoms with Crippen molar-refractivity contribution in [1.29, 1.82) is 0 Å². The summed E-state index contributed by atoms with van der Waals surface area (Å²) in [5.41, 5.74) is 14.1. The van der Waals surface area contributed by atoms with Crippen molar-refractivity contribution in [2.24, 2.45) is 5.73 Å². The van der Waals surface area contributed by atoms with Crippen molar-refractivity contribution < 1.29 is 9.90 Å². The van der Waals surface area contributed by atoms with Crippen LogP contribution in [0.4, 0.5) is 0 Å². The zero-order valence-electron chi connectivity index (χ0n) is 17.8. The summed E-state index contributed by atoms with van der Waals surface area (Å²) in [6.07, 6.45) is 3.29. The molecule has 4 rings (SSSR count). The van der Waals surface area contributed by atoms with Crippen LogP contribution in [0.3, 0.4) is 0 Å². The van der Waals surface area contributed by atoms with E-state index in [0.29, 0.717) is 6.54 Å². The number of hydrogen-bond acceptors (Lipinski definition) is 2. The molecule has 154 valence electrons. The zero-order valence-corrected chi connectivity index (χ0v) is 17.8. The van der Waals surface area contributed by atoms with Crippen LogP contribution in [-0.4, -0.2) is 11.1 Å². The molecule has 31 heavy (non-hydrogen) atoms. The Labute approximate surface area is 183 Å². The number of carbonyl (C=O) groups is 1. The third-order valence-electron chi connectivity index (χ3n) is 5.87. The molecule has 3 aromatic rings. The number of nitrogens with two attached hydrogens (primary N) is 1. The van der Waals surface area contributed by atoms with Crippen molar-refractivity contribution in [2.75, 3.05) is 0 Å². The highest BCUT2D eigenvalue weighted by Crippen LogP contribution is 2.42. The number of rotatable bonds is 3. The van der Waals surface area contributed by atoms with Crippen molar-refractivity contribution in [2.45, 2.75) is 32.2 Å². The predicted molar refractivity (Wildman–Crippen MR) is 125 cm³/mol. The average Bonchev–Trinajstić information content (AvgIpc) is 2.78. The van der Waals surface area contributed by atoms with Crippen LogP contribution >= 0.6 is 0 Å². The standard InChI is InChI=1S/C28H25NO2/c1-28(2)16-15-24(23-6-4-3-5-22(23)18-29)25-17-20(11-14-26(25)28)8-7-19-9-12-21(13-10-19)27(30)31/h3-6,9-15,17H,16,18,29H2,1-2H3,(H,30,31). The Bertz CT molecular complexity index is 1240. The Morgan fingerprint density at radius 2 is 1.65 bits per heavy atom. The fourth-order valence-corrected chi connectivity index (χ4v) is 4.07. The molecule has 3 aromatic carbocycles. The highest BCUT2D eigenvalue weighted by Gasteiger charge is 2.29. The van der Waals surface area contributed by atoms with Crippen molar-refractivity contribution in [3.05, 3.63) is 112 Å². The molecule has 0 atom stereocenters. The van der Waals surface area contributed by atoms with Crippen LogP contribution in [0, 0.1) is 11.8 Å². The summed E-state index contributed by atoms with van der Waals surface area (Å²) >= 11 is 0. The normalized spacial score (nSPS) is 14.1. The highest BCUT2D eigenvalue weighted by atomic mass is 16.4. The van der Waals surface area contributed by atoms with E-state index in [-0.39, 0.29) is 11.0 Å². The molecular weight excluding hydrogens is 382 g/mol. The molecule has 0 spiro atoms. The number of carboxylic acids is 1. The fraction of sp³-hybridized carbons (Fsp3) is 0.179. The Hall–Kier alpha value is -3.61. The van der Waals surface area contributed by atoms with Gasteiger partial charge in [0.25, 0.3) is 0 Å².